The molecule has 41 heavy (non-hydrogen) atoms. The number of phenolic OH excluding ortho intramolecular Hbond substituents is 1. The molecule has 3 N–H and O–H groups in total. The number of benzene rings is 2. The third-order valence-corrected chi connectivity index (χ3v) is 8.31. The van der Waals surface area contributed by atoms with Crippen molar-refractivity contribution >= 4 is 32.5 Å². The Morgan fingerprint density at radius 1 is 1.05 bits per heavy atom. The van der Waals surface area contributed by atoms with Crippen LogP contribution >= 0.6 is 0 Å². The minimum Gasteiger partial charge on any atom is -0.508 e. The van der Waals surface area contributed by atoms with E-state index in [1.54, 1.807) is 81.6 Å². The monoisotopic (exact) mass is 572 g/mol. The van der Waals surface area contributed by atoms with Gasteiger partial charge in [-0.3, -0.25) is 9.52 Å². The summed E-state index contributed by atoms with van der Waals surface area (Å²) in [5.41, 5.74) is 2.82. The number of fused-ring (bicyclic) bond motifs is 1. The van der Waals surface area contributed by atoms with Crippen LogP contribution in [0.4, 0.5) is 5.69 Å². The van der Waals surface area contributed by atoms with Gasteiger partial charge in [0.2, 0.25) is 10.0 Å². The molecule has 0 unspecified atom stereocenters. The SMILES string of the molecule is COC[C@H](Cc1ccc(O)cc1)NC(=O)c1cc(NS(=O)(=O)C(C)(C)C)c2cc(C#Cc3ccccn3)ccc2n1. The molecule has 0 radical (unpaired) electrons. The fourth-order valence-electron chi connectivity index (χ4n) is 3.90. The summed E-state index contributed by atoms with van der Waals surface area (Å²) in [4.78, 5) is 22.1. The number of hydrogen-bond donors (Lipinski definition) is 3. The lowest BCUT2D eigenvalue weighted by atomic mass is 10.1. The smallest absolute Gasteiger partial charge is 0.270 e. The number of nitrogens with zero attached hydrogens (tertiary/aromatic N) is 2. The van der Waals surface area contributed by atoms with Crippen molar-refractivity contribution < 1.29 is 23.1 Å². The minimum absolute atomic E-state index is 0.0447. The highest BCUT2D eigenvalue weighted by atomic mass is 32.2. The van der Waals surface area contributed by atoms with E-state index in [2.05, 4.69) is 31.8 Å². The Hall–Kier alpha value is -4.46. The van der Waals surface area contributed by atoms with Gasteiger partial charge in [0, 0.05) is 24.3 Å². The molecule has 0 aliphatic heterocycles. The van der Waals surface area contributed by atoms with Gasteiger partial charge in [0.25, 0.3) is 5.91 Å². The Bertz CT molecular complexity index is 1710. The molecule has 9 nitrogen and oxygen atoms in total. The van der Waals surface area contributed by atoms with Crippen molar-refractivity contribution in [1.29, 1.82) is 0 Å². The molecule has 2 aromatic heterocycles. The summed E-state index contributed by atoms with van der Waals surface area (Å²) in [5.74, 6) is 5.71. The van der Waals surface area contributed by atoms with Gasteiger partial charge in [0.1, 0.15) is 17.1 Å². The number of aromatic nitrogens is 2. The number of anilines is 1. The normalized spacial score (nSPS) is 12.3. The van der Waals surface area contributed by atoms with Crippen LogP contribution in [-0.4, -0.2) is 53.9 Å². The lowest BCUT2D eigenvalue weighted by Gasteiger charge is -2.22. The van der Waals surface area contributed by atoms with Crippen molar-refractivity contribution in [2.75, 3.05) is 18.4 Å². The van der Waals surface area contributed by atoms with Gasteiger partial charge in [-0.25, -0.2) is 18.4 Å². The number of carbonyl (C=O) groups excluding carboxylic acids is 1. The summed E-state index contributed by atoms with van der Waals surface area (Å²) >= 11 is 0. The molecule has 0 aliphatic carbocycles. The minimum atomic E-state index is -3.82. The number of methoxy groups -OCH3 is 1. The van der Waals surface area contributed by atoms with E-state index in [4.69, 9.17) is 4.74 Å². The van der Waals surface area contributed by atoms with Crippen molar-refractivity contribution in [2.45, 2.75) is 38.0 Å². The van der Waals surface area contributed by atoms with Gasteiger partial charge < -0.3 is 15.2 Å². The van der Waals surface area contributed by atoms with Gasteiger partial charge in [0.15, 0.2) is 0 Å². The van der Waals surface area contributed by atoms with Crippen molar-refractivity contribution in [2.24, 2.45) is 0 Å². The van der Waals surface area contributed by atoms with E-state index in [9.17, 15) is 18.3 Å². The number of rotatable bonds is 8. The summed E-state index contributed by atoms with van der Waals surface area (Å²) in [7, 11) is -2.29. The highest BCUT2D eigenvalue weighted by Crippen LogP contribution is 2.28. The van der Waals surface area contributed by atoms with Crippen molar-refractivity contribution in [3.8, 4) is 17.6 Å². The van der Waals surface area contributed by atoms with Gasteiger partial charge in [-0.2, -0.15) is 0 Å². The van der Waals surface area contributed by atoms with E-state index in [0.29, 0.717) is 28.6 Å². The van der Waals surface area contributed by atoms with Crippen LogP contribution in [0.3, 0.4) is 0 Å². The molecule has 10 heteroatoms. The summed E-state index contributed by atoms with van der Waals surface area (Å²) in [6.45, 7) is 5.01. The maximum atomic E-state index is 13.4. The average molecular weight is 573 g/mol. The first-order valence-electron chi connectivity index (χ1n) is 12.9. The molecule has 1 atom stereocenters. The van der Waals surface area contributed by atoms with Crippen LogP contribution in [0.1, 0.15) is 48.1 Å². The van der Waals surface area contributed by atoms with Crippen LogP contribution in [0.2, 0.25) is 0 Å². The lowest BCUT2D eigenvalue weighted by molar-refractivity contribution is 0.0892. The van der Waals surface area contributed by atoms with Crippen LogP contribution in [-0.2, 0) is 21.2 Å². The Labute approximate surface area is 240 Å². The number of aromatic hydroxyl groups is 1. The molecule has 0 spiro atoms. The summed E-state index contributed by atoms with van der Waals surface area (Å²) in [6.07, 6.45) is 2.11. The number of sulfonamides is 1. The standard InChI is InChI=1S/C31H32N4O5S/c1-31(2,3)41(38,39)35-28-19-29(30(37)33-24(20-40-4)17-21-9-13-25(36)14-10-21)34-27-15-11-22(18-26(27)28)8-12-23-7-5-6-16-32-23/h5-7,9-11,13-16,18-19,24,36H,17,20H2,1-4H3,(H,33,37)(H,34,35)/t24-/m0/s1. The first-order chi connectivity index (χ1) is 19.4. The zero-order chi connectivity index (χ0) is 29.6. The van der Waals surface area contributed by atoms with Crippen LogP contribution in [0.15, 0.2) is 72.9 Å². The molecule has 1 amide bonds. The van der Waals surface area contributed by atoms with Crippen molar-refractivity contribution in [1.82, 2.24) is 15.3 Å². The molecule has 0 aliphatic rings. The highest BCUT2D eigenvalue weighted by molar-refractivity contribution is 7.94. The molecule has 0 saturated heterocycles. The number of carbonyl (C=O) groups is 1. The Morgan fingerprint density at radius 3 is 2.46 bits per heavy atom. The zero-order valence-corrected chi connectivity index (χ0v) is 24.1. The van der Waals surface area contributed by atoms with Gasteiger partial charge in [-0.15, -0.1) is 0 Å². The fourth-order valence-corrected chi connectivity index (χ4v) is 4.67. The van der Waals surface area contributed by atoms with Gasteiger partial charge in [-0.05, 0) is 87.2 Å². The third kappa shape index (κ3) is 7.60. The number of hydrogen-bond acceptors (Lipinski definition) is 7. The molecule has 0 saturated carbocycles. The van der Waals surface area contributed by atoms with E-state index < -0.39 is 26.7 Å². The number of amides is 1. The number of nitrogens with one attached hydrogen (secondary N) is 2. The lowest BCUT2D eigenvalue weighted by Crippen LogP contribution is -2.40. The molecule has 4 aromatic rings. The predicted octanol–water partition coefficient (Wildman–Crippen LogP) is 4.26. The molecule has 4 rings (SSSR count). The van der Waals surface area contributed by atoms with E-state index in [1.807, 2.05) is 6.07 Å². The predicted molar refractivity (Wildman–Crippen MR) is 159 cm³/mol. The zero-order valence-electron chi connectivity index (χ0n) is 23.3. The van der Waals surface area contributed by atoms with E-state index in [0.717, 1.165) is 5.56 Å². The molecular weight excluding hydrogens is 540 g/mol. The van der Waals surface area contributed by atoms with Crippen LogP contribution < -0.4 is 10.0 Å². The van der Waals surface area contributed by atoms with E-state index in [1.165, 1.54) is 13.2 Å². The van der Waals surface area contributed by atoms with Gasteiger partial charge >= 0.3 is 0 Å². The van der Waals surface area contributed by atoms with Crippen LogP contribution in [0.25, 0.3) is 10.9 Å². The average Bonchev–Trinajstić information content (AvgIpc) is 2.93. The van der Waals surface area contributed by atoms with E-state index in [-0.39, 0.29) is 23.7 Å². The van der Waals surface area contributed by atoms with Gasteiger partial charge in [-0.1, -0.05) is 24.1 Å². The van der Waals surface area contributed by atoms with Crippen molar-refractivity contribution in [3.05, 3.63) is 95.4 Å². The Morgan fingerprint density at radius 2 is 1.80 bits per heavy atom. The van der Waals surface area contributed by atoms with Crippen molar-refractivity contribution in [3.63, 3.8) is 0 Å². The quantitative estimate of drug-likeness (QED) is 0.269. The second-order valence-corrected chi connectivity index (χ2v) is 12.9. The Kier molecular flexibility index (Phi) is 8.91. The maximum Gasteiger partial charge on any atom is 0.270 e. The Balaban J connectivity index is 1.71. The van der Waals surface area contributed by atoms with Crippen LogP contribution in [0.5, 0.6) is 5.75 Å². The number of pyridine rings is 2. The first-order valence-corrected chi connectivity index (χ1v) is 14.4. The summed E-state index contributed by atoms with van der Waals surface area (Å²) < 4.78 is 33.1. The highest BCUT2D eigenvalue weighted by Gasteiger charge is 2.30. The number of phenols is 1. The number of ether oxygens (including phenoxy) is 1. The topological polar surface area (TPSA) is 131 Å². The van der Waals surface area contributed by atoms with E-state index >= 15 is 0 Å². The second-order valence-electron chi connectivity index (χ2n) is 10.5. The fraction of sp³-hybridized carbons (Fsp3) is 0.258. The molecule has 2 aromatic carbocycles. The second kappa shape index (κ2) is 12.4. The third-order valence-electron chi connectivity index (χ3n) is 6.21. The molecule has 2 heterocycles. The molecular formula is C31H32N4O5S. The first kappa shape index (κ1) is 29.5. The largest absolute Gasteiger partial charge is 0.508 e. The summed E-state index contributed by atoms with van der Waals surface area (Å²) in [6, 6.07) is 18.4. The van der Waals surface area contributed by atoms with Gasteiger partial charge in [0.05, 0.1) is 28.6 Å². The summed E-state index contributed by atoms with van der Waals surface area (Å²) in [5, 5.41) is 13.0. The molecule has 212 valence electrons. The molecule has 0 fully saturated rings. The van der Waals surface area contributed by atoms with Crippen LogP contribution in [0, 0.1) is 11.8 Å². The molecule has 0 bridgehead atoms. The maximum absolute atomic E-state index is 13.4.